The zero-order valence-corrected chi connectivity index (χ0v) is 7.13. The van der Waals surface area contributed by atoms with Crippen molar-refractivity contribution in [2.75, 3.05) is 19.6 Å². The van der Waals surface area contributed by atoms with Gasteiger partial charge in [0, 0.05) is 6.07 Å². The fraction of sp³-hybridized carbons (Fsp3) is 0.250. The van der Waals surface area contributed by atoms with E-state index >= 15 is 0 Å². The number of hydrazine groups is 1. The third-order valence-electron chi connectivity index (χ3n) is 1.55. The van der Waals surface area contributed by atoms with E-state index in [0.29, 0.717) is 11.5 Å². The zero-order chi connectivity index (χ0) is 8.97. The minimum absolute atomic E-state index is 0.660. The Hall–Kier alpha value is -1.42. The molecule has 0 radical (unpaired) electrons. The number of hydrogen-bond acceptors (Lipinski definition) is 4. The van der Waals surface area contributed by atoms with Crippen LogP contribution < -0.4 is 20.7 Å². The lowest BCUT2D eigenvalue weighted by Crippen LogP contribution is -2.06. The first-order chi connectivity index (χ1) is 5.81. The van der Waals surface area contributed by atoms with E-state index < -0.39 is 0 Å². The van der Waals surface area contributed by atoms with E-state index in [0.717, 1.165) is 5.69 Å². The number of anilines is 1. The monoisotopic (exact) mass is 168 g/mol. The highest BCUT2D eigenvalue weighted by molar-refractivity contribution is 5.53. The summed E-state index contributed by atoms with van der Waals surface area (Å²) in [6.45, 7) is 0. The molecule has 0 bridgehead atoms. The summed E-state index contributed by atoms with van der Waals surface area (Å²) in [6.07, 6.45) is 0. The Morgan fingerprint density at radius 1 is 1.17 bits per heavy atom. The molecular weight excluding hydrogens is 156 g/mol. The topological polar surface area (TPSA) is 56.5 Å². The molecule has 0 aliphatic carbocycles. The summed E-state index contributed by atoms with van der Waals surface area (Å²) in [5.41, 5.74) is 3.30. The van der Waals surface area contributed by atoms with Crippen LogP contribution in [-0.4, -0.2) is 14.2 Å². The van der Waals surface area contributed by atoms with E-state index in [4.69, 9.17) is 15.3 Å². The Balaban J connectivity index is 3.02. The van der Waals surface area contributed by atoms with Crippen molar-refractivity contribution in [3.63, 3.8) is 0 Å². The summed E-state index contributed by atoms with van der Waals surface area (Å²) in [5.74, 6) is 6.57. The lowest BCUT2D eigenvalue weighted by molar-refractivity contribution is 0.355. The molecule has 12 heavy (non-hydrogen) atoms. The standard InChI is InChI=1S/C8H12N2O2/c1-11-7-4-3-6(10-9)5-8(7)12-2/h3-5,10H,9H2,1-2H3. The normalized spacial score (nSPS) is 9.25. The molecule has 0 aromatic heterocycles. The number of benzene rings is 1. The first-order valence-electron chi connectivity index (χ1n) is 3.50. The number of methoxy groups -OCH3 is 2. The van der Waals surface area contributed by atoms with Crippen molar-refractivity contribution >= 4 is 5.69 Å². The summed E-state index contributed by atoms with van der Waals surface area (Å²) in [7, 11) is 3.17. The van der Waals surface area contributed by atoms with Gasteiger partial charge in [-0.2, -0.15) is 0 Å². The molecular formula is C8H12N2O2. The molecule has 0 aliphatic rings. The van der Waals surface area contributed by atoms with Crippen LogP contribution in [0.2, 0.25) is 0 Å². The highest BCUT2D eigenvalue weighted by Gasteiger charge is 2.02. The largest absolute Gasteiger partial charge is 0.493 e. The number of nitrogen functional groups attached to an aromatic ring is 1. The van der Waals surface area contributed by atoms with Crippen LogP contribution in [0, 0.1) is 0 Å². The number of rotatable bonds is 3. The van der Waals surface area contributed by atoms with Crippen molar-refractivity contribution in [3.05, 3.63) is 18.2 Å². The fourth-order valence-electron chi connectivity index (χ4n) is 0.926. The maximum absolute atomic E-state index is 5.22. The van der Waals surface area contributed by atoms with Crippen LogP contribution in [0.1, 0.15) is 0 Å². The molecule has 1 aromatic rings. The van der Waals surface area contributed by atoms with E-state index in [9.17, 15) is 0 Å². The van der Waals surface area contributed by atoms with Crippen LogP contribution in [-0.2, 0) is 0 Å². The van der Waals surface area contributed by atoms with Gasteiger partial charge in [0.1, 0.15) is 0 Å². The molecule has 0 aliphatic heterocycles. The van der Waals surface area contributed by atoms with E-state index in [1.54, 1.807) is 32.4 Å². The molecule has 0 saturated carbocycles. The highest BCUT2D eigenvalue weighted by Crippen LogP contribution is 2.29. The van der Waals surface area contributed by atoms with Crippen LogP contribution in [0.4, 0.5) is 5.69 Å². The maximum atomic E-state index is 5.22. The van der Waals surface area contributed by atoms with Crippen LogP contribution in [0.25, 0.3) is 0 Å². The second-order valence-electron chi connectivity index (χ2n) is 2.21. The Labute approximate surface area is 71.2 Å². The predicted octanol–water partition coefficient (Wildman–Crippen LogP) is 0.989. The van der Waals surface area contributed by atoms with Gasteiger partial charge in [0.2, 0.25) is 0 Å². The van der Waals surface area contributed by atoms with E-state index in [1.807, 2.05) is 0 Å². The highest BCUT2D eigenvalue weighted by atomic mass is 16.5. The summed E-state index contributed by atoms with van der Waals surface area (Å²) >= 11 is 0. The molecule has 4 heteroatoms. The third-order valence-corrected chi connectivity index (χ3v) is 1.55. The maximum Gasteiger partial charge on any atom is 0.162 e. The van der Waals surface area contributed by atoms with Crippen molar-refractivity contribution in [3.8, 4) is 11.5 Å². The van der Waals surface area contributed by atoms with Gasteiger partial charge in [-0.25, -0.2) is 0 Å². The summed E-state index contributed by atoms with van der Waals surface area (Å²) in [6, 6.07) is 5.36. The van der Waals surface area contributed by atoms with Gasteiger partial charge in [-0.3, -0.25) is 5.84 Å². The van der Waals surface area contributed by atoms with Gasteiger partial charge in [-0.05, 0) is 12.1 Å². The molecule has 66 valence electrons. The molecule has 0 heterocycles. The Bertz CT molecular complexity index is 263. The molecule has 0 amide bonds. The van der Waals surface area contributed by atoms with Crippen LogP contribution in [0.3, 0.4) is 0 Å². The van der Waals surface area contributed by atoms with Crippen LogP contribution >= 0.6 is 0 Å². The summed E-state index contributed by atoms with van der Waals surface area (Å²) in [4.78, 5) is 0. The second-order valence-corrected chi connectivity index (χ2v) is 2.21. The average Bonchev–Trinajstić information content (AvgIpc) is 2.16. The molecule has 3 N–H and O–H groups in total. The number of nitrogens with one attached hydrogen (secondary N) is 1. The molecule has 1 rings (SSSR count). The lowest BCUT2D eigenvalue weighted by atomic mass is 10.3. The summed E-state index contributed by atoms with van der Waals surface area (Å²) < 4.78 is 10.1. The quantitative estimate of drug-likeness (QED) is 0.522. The van der Waals surface area contributed by atoms with Crippen molar-refractivity contribution in [1.29, 1.82) is 0 Å². The molecule has 0 unspecified atom stereocenters. The van der Waals surface area contributed by atoms with Gasteiger partial charge in [-0.1, -0.05) is 0 Å². The molecule has 0 atom stereocenters. The Kier molecular flexibility index (Phi) is 2.76. The van der Waals surface area contributed by atoms with Crippen LogP contribution in [0.15, 0.2) is 18.2 Å². The van der Waals surface area contributed by atoms with Gasteiger partial charge in [0.05, 0.1) is 19.9 Å². The third kappa shape index (κ3) is 1.60. The van der Waals surface area contributed by atoms with E-state index in [-0.39, 0.29) is 0 Å². The first kappa shape index (κ1) is 8.67. The molecule has 0 saturated heterocycles. The molecule has 0 fully saturated rings. The number of nitrogens with two attached hydrogens (primary N) is 1. The van der Waals surface area contributed by atoms with Crippen molar-refractivity contribution in [2.24, 2.45) is 5.84 Å². The molecule has 0 spiro atoms. The van der Waals surface area contributed by atoms with Crippen molar-refractivity contribution < 1.29 is 9.47 Å². The Morgan fingerprint density at radius 2 is 1.83 bits per heavy atom. The number of hydrogen-bond donors (Lipinski definition) is 2. The predicted molar refractivity (Wildman–Crippen MR) is 47.4 cm³/mol. The minimum atomic E-state index is 0.660. The lowest BCUT2D eigenvalue weighted by Gasteiger charge is -2.08. The van der Waals surface area contributed by atoms with Gasteiger partial charge in [0.15, 0.2) is 11.5 Å². The Morgan fingerprint density at radius 3 is 2.33 bits per heavy atom. The molecule has 4 nitrogen and oxygen atoms in total. The molecule has 1 aromatic carbocycles. The SMILES string of the molecule is COc1ccc(NN)cc1OC. The van der Waals surface area contributed by atoms with Crippen molar-refractivity contribution in [1.82, 2.24) is 0 Å². The number of ether oxygens (including phenoxy) is 2. The van der Waals surface area contributed by atoms with Gasteiger partial charge in [0.25, 0.3) is 0 Å². The van der Waals surface area contributed by atoms with E-state index in [2.05, 4.69) is 5.43 Å². The van der Waals surface area contributed by atoms with Gasteiger partial charge >= 0.3 is 0 Å². The van der Waals surface area contributed by atoms with Crippen molar-refractivity contribution in [2.45, 2.75) is 0 Å². The van der Waals surface area contributed by atoms with E-state index in [1.165, 1.54) is 0 Å². The van der Waals surface area contributed by atoms with Crippen LogP contribution in [0.5, 0.6) is 11.5 Å². The van der Waals surface area contributed by atoms with Gasteiger partial charge in [-0.15, -0.1) is 0 Å². The second kappa shape index (κ2) is 3.82. The summed E-state index contributed by atoms with van der Waals surface area (Å²) in [5, 5.41) is 0. The average molecular weight is 168 g/mol. The minimum Gasteiger partial charge on any atom is -0.493 e. The first-order valence-corrected chi connectivity index (χ1v) is 3.50. The van der Waals surface area contributed by atoms with Gasteiger partial charge < -0.3 is 14.9 Å². The zero-order valence-electron chi connectivity index (χ0n) is 7.13. The fourth-order valence-corrected chi connectivity index (χ4v) is 0.926. The smallest absolute Gasteiger partial charge is 0.162 e.